The topological polar surface area (TPSA) is 123 Å². The zero-order valence-electron chi connectivity index (χ0n) is 22.2. The molecule has 9 nitrogen and oxygen atoms in total. The van der Waals surface area contributed by atoms with Crippen molar-refractivity contribution in [2.45, 2.75) is 40.0 Å². The van der Waals surface area contributed by atoms with Gasteiger partial charge in [0.15, 0.2) is 0 Å². The summed E-state index contributed by atoms with van der Waals surface area (Å²) in [5.74, 6) is -2.40. The Morgan fingerprint density at radius 3 is 2.67 bits per heavy atom. The van der Waals surface area contributed by atoms with Gasteiger partial charge in [0, 0.05) is 14.9 Å². The number of hydrogen-bond donors (Lipinski definition) is 2. The van der Waals surface area contributed by atoms with Gasteiger partial charge in [-0.3, -0.25) is 9.59 Å². The van der Waals surface area contributed by atoms with Gasteiger partial charge in [0.05, 0.1) is 23.9 Å². The second kappa shape index (κ2) is 13.0. The molecular weight excluding hydrogens is 598 g/mol. The molecule has 40 heavy (non-hydrogen) atoms. The zero-order valence-corrected chi connectivity index (χ0v) is 24.6. The maximum absolute atomic E-state index is 12.7. The average molecular weight is 627 g/mol. The van der Waals surface area contributed by atoms with Gasteiger partial charge in [-0.1, -0.05) is 40.5 Å². The predicted octanol–water partition coefficient (Wildman–Crippen LogP) is 5.43. The Labute approximate surface area is 244 Å². The molecule has 0 bridgehead atoms. The fraction of sp³-hybridized carbons (Fsp3) is 0.276. The van der Waals surface area contributed by atoms with E-state index in [4.69, 9.17) is 9.47 Å². The lowest BCUT2D eigenvalue weighted by Gasteiger charge is -2.18. The highest BCUT2D eigenvalue weighted by molar-refractivity contribution is 9.10. The normalized spacial score (nSPS) is 14.3. The molecule has 1 heterocycles. The minimum atomic E-state index is -1.03. The van der Waals surface area contributed by atoms with Crippen LogP contribution in [0.25, 0.3) is 0 Å². The van der Waals surface area contributed by atoms with E-state index in [1.165, 1.54) is 17.6 Å². The van der Waals surface area contributed by atoms with Gasteiger partial charge in [-0.15, -0.1) is 11.3 Å². The number of carbonyl (C=O) groups excluding carboxylic acids is 4. The number of benzene rings is 2. The van der Waals surface area contributed by atoms with Crippen LogP contribution in [0, 0.1) is 12.8 Å². The molecule has 0 saturated heterocycles. The standard InChI is InChI=1S/C29H28BrN3O6S/c1-4-38-29(37)24-21-10-8-17(3)13-23(21)40-27(24)32-25(34)26(35)33-31-15-19-14-20(30)9-11-22(19)39-28(36)18-7-5-6-16(2)12-18/h5-7,9,11-12,14-15,17H,4,8,10,13H2,1-3H3,(H,32,34)(H,33,35)/b31-15-/t17-/m0/s1. The van der Waals surface area contributed by atoms with Gasteiger partial charge in [-0.05, 0) is 74.9 Å². The number of halogens is 1. The van der Waals surface area contributed by atoms with Crippen molar-refractivity contribution < 1.29 is 28.7 Å². The molecule has 0 spiro atoms. The minimum Gasteiger partial charge on any atom is -0.462 e. The number of aryl methyl sites for hydroxylation is 1. The molecule has 11 heteroatoms. The lowest BCUT2D eigenvalue weighted by Crippen LogP contribution is -2.32. The van der Waals surface area contributed by atoms with E-state index in [9.17, 15) is 19.2 Å². The van der Waals surface area contributed by atoms with Crippen molar-refractivity contribution in [3.05, 3.63) is 79.6 Å². The number of amides is 2. The molecule has 0 aliphatic heterocycles. The van der Waals surface area contributed by atoms with Gasteiger partial charge in [-0.25, -0.2) is 15.0 Å². The van der Waals surface area contributed by atoms with Crippen LogP contribution in [0.1, 0.15) is 62.6 Å². The maximum Gasteiger partial charge on any atom is 0.343 e. The fourth-order valence-electron chi connectivity index (χ4n) is 4.27. The summed E-state index contributed by atoms with van der Waals surface area (Å²) in [6.07, 6.45) is 3.69. The number of carbonyl (C=O) groups is 4. The number of hydrogen-bond acceptors (Lipinski definition) is 8. The molecule has 208 valence electrons. The van der Waals surface area contributed by atoms with E-state index in [0.29, 0.717) is 38.5 Å². The monoisotopic (exact) mass is 625 g/mol. The molecule has 4 rings (SSSR count). The van der Waals surface area contributed by atoms with Crippen molar-refractivity contribution in [1.82, 2.24) is 5.43 Å². The average Bonchev–Trinajstić information content (AvgIpc) is 3.26. The highest BCUT2D eigenvalue weighted by atomic mass is 79.9. The van der Waals surface area contributed by atoms with E-state index in [2.05, 4.69) is 38.7 Å². The van der Waals surface area contributed by atoms with E-state index >= 15 is 0 Å². The quantitative estimate of drug-likeness (QED) is 0.119. The van der Waals surface area contributed by atoms with Crippen LogP contribution < -0.4 is 15.5 Å². The van der Waals surface area contributed by atoms with Gasteiger partial charge in [0.1, 0.15) is 10.8 Å². The SMILES string of the molecule is CCOC(=O)c1c(NC(=O)C(=O)N/N=C\c2cc(Br)ccc2OC(=O)c2cccc(C)c2)sc2c1CC[C@H](C)C2. The number of esters is 2. The lowest BCUT2D eigenvalue weighted by atomic mass is 9.88. The number of nitrogens with zero attached hydrogens (tertiary/aromatic N) is 1. The van der Waals surface area contributed by atoms with E-state index in [1.54, 1.807) is 43.3 Å². The second-order valence-corrected chi connectivity index (χ2v) is 11.4. The van der Waals surface area contributed by atoms with Gasteiger partial charge in [0.25, 0.3) is 0 Å². The number of nitrogens with one attached hydrogen (secondary N) is 2. The van der Waals surface area contributed by atoms with Crippen LogP contribution in [0.3, 0.4) is 0 Å². The van der Waals surface area contributed by atoms with Crippen LogP contribution in [-0.4, -0.2) is 36.6 Å². The molecule has 1 aromatic heterocycles. The maximum atomic E-state index is 12.7. The zero-order chi connectivity index (χ0) is 28.8. The van der Waals surface area contributed by atoms with Gasteiger partial charge < -0.3 is 14.8 Å². The molecule has 0 radical (unpaired) electrons. The Balaban J connectivity index is 1.45. The molecule has 0 fully saturated rings. The summed E-state index contributed by atoms with van der Waals surface area (Å²) in [5.41, 5.74) is 5.07. The largest absolute Gasteiger partial charge is 0.462 e. The summed E-state index contributed by atoms with van der Waals surface area (Å²) in [5, 5.41) is 6.72. The number of thiophene rings is 1. The van der Waals surface area contributed by atoms with Crippen LogP contribution in [0.4, 0.5) is 5.00 Å². The number of fused-ring (bicyclic) bond motifs is 1. The van der Waals surface area contributed by atoms with Crippen molar-refractivity contribution in [1.29, 1.82) is 0 Å². The van der Waals surface area contributed by atoms with E-state index in [-0.39, 0.29) is 12.4 Å². The summed E-state index contributed by atoms with van der Waals surface area (Å²) in [7, 11) is 0. The third kappa shape index (κ3) is 7.02. The lowest BCUT2D eigenvalue weighted by molar-refractivity contribution is -0.136. The van der Waals surface area contributed by atoms with Crippen LogP contribution >= 0.6 is 27.3 Å². The summed E-state index contributed by atoms with van der Waals surface area (Å²) < 4.78 is 11.4. The minimum absolute atomic E-state index is 0.195. The number of hydrazone groups is 1. The number of rotatable bonds is 7. The molecule has 0 saturated carbocycles. The van der Waals surface area contributed by atoms with Crippen molar-refractivity contribution in [2.24, 2.45) is 11.0 Å². The van der Waals surface area contributed by atoms with Crippen LogP contribution in [0.15, 0.2) is 52.0 Å². The van der Waals surface area contributed by atoms with Crippen LogP contribution in [0.2, 0.25) is 0 Å². The summed E-state index contributed by atoms with van der Waals surface area (Å²) in [4.78, 5) is 51.5. The van der Waals surface area contributed by atoms with Crippen LogP contribution in [0.5, 0.6) is 5.75 Å². The molecule has 2 amide bonds. The van der Waals surface area contributed by atoms with Gasteiger partial charge in [-0.2, -0.15) is 5.10 Å². The van der Waals surface area contributed by atoms with Crippen LogP contribution in [-0.2, 0) is 27.2 Å². The van der Waals surface area contributed by atoms with E-state index in [1.807, 2.05) is 13.0 Å². The van der Waals surface area contributed by atoms with Crippen molar-refractivity contribution in [3.63, 3.8) is 0 Å². The summed E-state index contributed by atoms with van der Waals surface area (Å²) in [6, 6.07) is 11.9. The first-order valence-corrected chi connectivity index (χ1v) is 14.3. The summed E-state index contributed by atoms with van der Waals surface area (Å²) in [6.45, 7) is 5.91. The van der Waals surface area contributed by atoms with E-state index in [0.717, 1.165) is 28.8 Å². The predicted molar refractivity (Wildman–Crippen MR) is 156 cm³/mol. The smallest absolute Gasteiger partial charge is 0.343 e. The first-order chi connectivity index (χ1) is 19.2. The Bertz CT molecular complexity index is 1500. The molecular formula is C29H28BrN3O6S. The third-order valence-electron chi connectivity index (χ3n) is 6.22. The summed E-state index contributed by atoms with van der Waals surface area (Å²) >= 11 is 4.65. The van der Waals surface area contributed by atoms with Crippen molar-refractivity contribution in [2.75, 3.05) is 11.9 Å². The first-order valence-electron chi connectivity index (χ1n) is 12.7. The number of anilines is 1. The fourth-order valence-corrected chi connectivity index (χ4v) is 6.05. The second-order valence-electron chi connectivity index (χ2n) is 9.37. The van der Waals surface area contributed by atoms with Gasteiger partial charge >= 0.3 is 23.8 Å². The van der Waals surface area contributed by atoms with Gasteiger partial charge in [0.2, 0.25) is 0 Å². The highest BCUT2D eigenvalue weighted by Crippen LogP contribution is 2.40. The number of ether oxygens (including phenoxy) is 2. The Morgan fingerprint density at radius 2 is 1.93 bits per heavy atom. The molecule has 1 aliphatic rings. The highest BCUT2D eigenvalue weighted by Gasteiger charge is 2.30. The molecule has 3 aromatic rings. The Morgan fingerprint density at radius 1 is 1.12 bits per heavy atom. The first kappa shape index (κ1) is 29.2. The Kier molecular flexibility index (Phi) is 9.49. The van der Waals surface area contributed by atoms with E-state index < -0.39 is 23.8 Å². The third-order valence-corrected chi connectivity index (χ3v) is 7.89. The molecule has 0 unspecified atom stereocenters. The molecule has 2 N–H and O–H groups in total. The molecule has 1 atom stereocenters. The Hall–Kier alpha value is -3.83. The van der Waals surface area contributed by atoms with Crippen molar-refractivity contribution in [3.8, 4) is 5.75 Å². The van der Waals surface area contributed by atoms with Crippen molar-refractivity contribution >= 4 is 62.2 Å². The molecule has 1 aliphatic carbocycles. The molecule has 2 aromatic carbocycles.